The average molecular weight is 344 g/mol. The summed E-state index contributed by atoms with van der Waals surface area (Å²) in [4.78, 5) is 23.7. The zero-order chi connectivity index (χ0) is 17.3. The van der Waals surface area contributed by atoms with Crippen molar-refractivity contribution in [2.24, 2.45) is 0 Å². The molecule has 0 bridgehead atoms. The summed E-state index contributed by atoms with van der Waals surface area (Å²) in [6, 6.07) is 6.05. The first-order valence-corrected chi connectivity index (χ1v) is 9.42. The number of aromatic nitrogens is 1. The van der Waals surface area contributed by atoms with Crippen molar-refractivity contribution in [3.8, 4) is 0 Å². The molecule has 0 aromatic carbocycles. The van der Waals surface area contributed by atoms with Crippen molar-refractivity contribution in [3.05, 3.63) is 30.1 Å². The van der Waals surface area contributed by atoms with E-state index in [1.54, 1.807) is 12.3 Å². The third-order valence-corrected chi connectivity index (χ3v) is 6.09. The molecule has 4 rings (SSSR count). The van der Waals surface area contributed by atoms with Crippen LogP contribution in [-0.4, -0.2) is 90.2 Å². The van der Waals surface area contributed by atoms with Gasteiger partial charge >= 0.3 is 0 Å². The van der Waals surface area contributed by atoms with Crippen LogP contribution in [0.5, 0.6) is 0 Å². The first-order chi connectivity index (χ1) is 12.2. The molecule has 0 aliphatic carbocycles. The van der Waals surface area contributed by atoms with E-state index >= 15 is 0 Å². The van der Waals surface area contributed by atoms with Gasteiger partial charge in [0.1, 0.15) is 5.69 Å². The van der Waals surface area contributed by atoms with Crippen molar-refractivity contribution < 1.29 is 9.53 Å². The fourth-order valence-corrected chi connectivity index (χ4v) is 4.36. The van der Waals surface area contributed by atoms with Crippen molar-refractivity contribution in [2.75, 3.05) is 52.9 Å². The number of likely N-dealkylation sites (tertiary alicyclic amines) is 1. The lowest BCUT2D eigenvalue weighted by molar-refractivity contribution is -0.0396. The number of rotatable bonds is 2. The number of carbonyl (C=O) groups is 1. The average Bonchev–Trinajstić information content (AvgIpc) is 3.07. The SMILES string of the molecule is CN1CCN(C2COC3(CCN(C(=O)c4ccccn4)CC3)C2)CC1. The second-order valence-corrected chi connectivity index (χ2v) is 7.70. The van der Waals surface area contributed by atoms with Crippen LogP contribution < -0.4 is 0 Å². The molecule has 1 aromatic rings. The van der Waals surface area contributed by atoms with Crippen molar-refractivity contribution >= 4 is 5.91 Å². The predicted octanol–water partition coefficient (Wildman–Crippen LogP) is 1.09. The normalized spacial score (nSPS) is 27.7. The first-order valence-electron chi connectivity index (χ1n) is 9.42. The summed E-state index contributed by atoms with van der Waals surface area (Å²) in [7, 11) is 2.19. The van der Waals surface area contributed by atoms with E-state index in [0.29, 0.717) is 11.7 Å². The molecule has 1 aromatic heterocycles. The fourth-order valence-electron chi connectivity index (χ4n) is 4.36. The molecule has 0 N–H and O–H groups in total. The van der Waals surface area contributed by atoms with Crippen LogP contribution in [0.1, 0.15) is 29.8 Å². The predicted molar refractivity (Wildman–Crippen MR) is 95.5 cm³/mol. The van der Waals surface area contributed by atoms with Crippen molar-refractivity contribution in [2.45, 2.75) is 30.9 Å². The van der Waals surface area contributed by atoms with E-state index < -0.39 is 0 Å². The zero-order valence-corrected chi connectivity index (χ0v) is 15.1. The molecule has 6 nitrogen and oxygen atoms in total. The minimum Gasteiger partial charge on any atom is -0.373 e. The van der Waals surface area contributed by atoms with Crippen LogP contribution in [0.25, 0.3) is 0 Å². The Hall–Kier alpha value is -1.50. The minimum atomic E-state index is -0.0189. The summed E-state index contributed by atoms with van der Waals surface area (Å²) in [5.74, 6) is 0.0454. The Morgan fingerprint density at radius 1 is 1.16 bits per heavy atom. The molecule has 6 heteroatoms. The highest BCUT2D eigenvalue weighted by Gasteiger charge is 2.45. The van der Waals surface area contributed by atoms with E-state index in [-0.39, 0.29) is 11.5 Å². The van der Waals surface area contributed by atoms with Gasteiger partial charge in [-0.05, 0) is 38.4 Å². The van der Waals surface area contributed by atoms with Gasteiger partial charge in [0.2, 0.25) is 0 Å². The molecule has 4 heterocycles. The number of piperidine rings is 1. The maximum atomic E-state index is 12.6. The molecule has 3 saturated heterocycles. The Morgan fingerprint density at radius 3 is 2.60 bits per heavy atom. The van der Waals surface area contributed by atoms with Gasteiger partial charge in [0.15, 0.2) is 0 Å². The Labute approximate surface area is 149 Å². The fraction of sp³-hybridized carbons (Fsp3) is 0.684. The van der Waals surface area contributed by atoms with Crippen LogP contribution in [0.3, 0.4) is 0 Å². The summed E-state index contributed by atoms with van der Waals surface area (Å²) in [5, 5.41) is 0. The molecule has 25 heavy (non-hydrogen) atoms. The lowest BCUT2D eigenvalue weighted by atomic mass is 9.87. The Balaban J connectivity index is 1.32. The largest absolute Gasteiger partial charge is 0.373 e. The van der Waals surface area contributed by atoms with E-state index in [1.165, 1.54) is 0 Å². The van der Waals surface area contributed by atoms with E-state index in [4.69, 9.17) is 4.74 Å². The Bertz CT molecular complexity index is 593. The number of likely N-dealkylation sites (N-methyl/N-ethyl adjacent to an activating group) is 1. The lowest BCUT2D eigenvalue weighted by Gasteiger charge is -2.39. The van der Waals surface area contributed by atoms with Crippen LogP contribution >= 0.6 is 0 Å². The first kappa shape index (κ1) is 16.9. The molecule has 0 saturated carbocycles. The molecule has 3 aliphatic heterocycles. The number of piperazine rings is 1. The number of carbonyl (C=O) groups excluding carboxylic acids is 1. The van der Waals surface area contributed by atoms with Crippen LogP contribution in [0.2, 0.25) is 0 Å². The molecule has 1 spiro atoms. The molecule has 1 unspecified atom stereocenters. The van der Waals surface area contributed by atoms with Crippen LogP contribution in [0.15, 0.2) is 24.4 Å². The van der Waals surface area contributed by atoms with Gasteiger partial charge in [-0.1, -0.05) is 6.07 Å². The third-order valence-electron chi connectivity index (χ3n) is 6.09. The van der Waals surface area contributed by atoms with Gasteiger partial charge < -0.3 is 14.5 Å². The van der Waals surface area contributed by atoms with Gasteiger partial charge in [0.25, 0.3) is 5.91 Å². The van der Waals surface area contributed by atoms with E-state index in [2.05, 4.69) is 21.8 Å². The summed E-state index contributed by atoms with van der Waals surface area (Å²) < 4.78 is 6.30. The van der Waals surface area contributed by atoms with E-state index in [0.717, 1.165) is 65.1 Å². The van der Waals surface area contributed by atoms with Gasteiger partial charge in [-0.15, -0.1) is 0 Å². The van der Waals surface area contributed by atoms with Crippen LogP contribution in [-0.2, 0) is 4.74 Å². The molecule has 1 amide bonds. The summed E-state index contributed by atoms with van der Waals surface area (Å²) in [5.41, 5.74) is 0.524. The molecule has 0 radical (unpaired) electrons. The number of hydrogen-bond donors (Lipinski definition) is 0. The topological polar surface area (TPSA) is 48.9 Å². The second-order valence-electron chi connectivity index (χ2n) is 7.70. The Kier molecular flexibility index (Phi) is 4.75. The van der Waals surface area contributed by atoms with Gasteiger partial charge in [0, 0.05) is 51.5 Å². The lowest BCUT2D eigenvalue weighted by Crippen LogP contribution is -2.50. The molecular weight excluding hydrogens is 316 g/mol. The summed E-state index contributed by atoms with van der Waals surface area (Å²) in [6.07, 6.45) is 4.67. The van der Waals surface area contributed by atoms with Crippen molar-refractivity contribution in [1.29, 1.82) is 0 Å². The zero-order valence-electron chi connectivity index (χ0n) is 15.1. The van der Waals surface area contributed by atoms with Crippen molar-refractivity contribution in [3.63, 3.8) is 0 Å². The second kappa shape index (κ2) is 7.02. The number of nitrogens with zero attached hydrogens (tertiary/aromatic N) is 4. The van der Waals surface area contributed by atoms with E-state index in [9.17, 15) is 4.79 Å². The number of hydrogen-bond acceptors (Lipinski definition) is 5. The van der Waals surface area contributed by atoms with Crippen molar-refractivity contribution in [1.82, 2.24) is 19.7 Å². The minimum absolute atomic E-state index is 0.0189. The van der Waals surface area contributed by atoms with Gasteiger partial charge in [-0.2, -0.15) is 0 Å². The van der Waals surface area contributed by atoms with E-state index in [1.807, 2.05) is 17.0 Å². The number of pyridine rings is 1. The van der Waals surface area contributed by atoms with Crippen LogP contribution in [0.4, 0.5) is 0 Å². The molecule has 136 valence electrons. The molecule has 1 atom stereocenters. The maximum absolute atomic E-state index is 12.6. The Morgan fingerprint density at radius 2 is 1.92 bits per heavy atom. The summed E-state index contributed by atoms with van der Waals surface area (Å²) >= 11 is 0. The summed E-state index contributed by atoms with van der Waals surface area (Å²) in [6.45, 7) is 6.97. The van der Waals surface area contributed by atoms with Gasteiger partial charge in [0.05, 0.1) is 12.2 Å². The highest BCUT2D eigenvalue weighted by atomic mass is 16.5. The van der Waals surface area contributed by atoms with Crippen LogP contribution in [0, 0.1) is 0 Å². The molecular formula is C19H28N4O2. The highest BCUT2D eigenvalue weighted by molar-refractivity contribution is 5.92. The third kappa shape index (κ3) is 3.57. The maximum Gasteiger partial charge on any atom is 0.272 e. The smallest absolute Gasteiger partial charge is 0.272 e. The van der Waals surface area contributed by atoms with Gasteiger partial charge in [-0.3, -0.25) is 14.7 Å². The quantitative estimate of drug-likeness (QED) is 0.804. The van der Waals surface area contributed by atoms with Gasteiger partial charge in [-0.25, -0.2) is 0 Å². The molecule has 3 fully saturated rings. The number of ether oxygens (including phenoxy) is 1. The number of amides is 1. The highest BCUT2D eigenvalue weighted by Crippen LogP contribution is 2.38. The standard InChI is InChI=1S/C19H28N4O2/c1-21-10-12-22(13-11-21)16-14-19(25-15-16)5-8-23(9-6-19)18(24)17-4-2-3-7-20-17/h2-4,7,16H,5-6,8-15H2,1H3. The molecule has 3 aliphatic rings. The monoisotopic (exact) mass is 344 g/mol.